The van der Waals surface area contributed by atoms with Crippen molar-refractivity contribution < 1.29 is 9.90 Å². The SMILES string of the molecule is O=C(O)Cn1ncc2ccc(CCl)cc21. The molecular formula is C10H9ClN2O2. The van der Waals surface area contributed by atoms with Gasteiger partial charge >= 0.3 is 5.97 Å². The summed E-state index contributed by atoms with van der Waals surface area (Å²) in [6.45, 7) is -0.130. The Kier molecular flexibility index (Phi) is 2.60. The number of rotatable bonds is 3. The van der Waals surface area contributed by atoms with Gasteiger partial charge in [0.15, 0.2) is 0 Å². The second kappa shape index (κ2) is 3.90. The highest BCUT2D eigenvalue weighted by molar-refractivity contribution is 6.17. The Morgan fingerprint density at radius 2 is 2.33 bits per heavy atom. The third-order valence-electron chi connectivity index (χ3n) is 2.15. The number of hydrogen-bond donors (Lipinski definition) is 1. The normalized spacial score (nSPS) is 10.7. The van der Waals surface area contributed by atoms with Crippen molar-refractivity contribution in [3.8, 4) is 0 Å². The van der Waals surface area contributed by atoms with Crippen LogP contribution in [0.15, 0.2) is 24.4 Å². The van der Waals surface area contributed by atoms with Crippen LogP contribution in [0.1, 0.15) is 5.56 Å². The predicted molar refractivity (Wildman–Crippen MR) is 56.9 cm³/mol. The molecular weight excluding hydrogens is 216 g/mol. The molecule has 0 aliphatic rings. The Labute approximate surface area is 91.1 Å². The second-order valence-electron chi connectivity index (χ2n) is 3.22. The number of halogens is 1. The van der Waals surface area contributed by atoms with Crippen molar-refractivity contribution in [1.82, 2.24) is 9.78 Å². The second-order valence-corrected chi connectivity index (χ2v) is 3.49. The summed E-state index contributed by atoms with van der Waals surface area (Å²) in [6, 6.07) is 5.65. The molecule has 1 aromatic heterocycles. The molecule has 0 saturated heterocycles. The summed E-state index contributed by atoms with van der Waals surface area (Å²) in [7, 11) is 0. The van der Waals surface area contributed by atoms with Crippen LogP contribution in [0.5, 0.6) is 0 Å². The fraction of sp³-hybridized carbons (Fsp3) is 0.200. The minimum Gasteiger partial charge on any atom is -0.480 e. The van der Waals surface area contributed by atoms with E-state index in [1.54, 1.807) is 6.20 Å². The van der Waals surface area contributed by atoms with Crippen molar-refractivity contribution in [1.29, 1.82) is 0 Å². The van der Waals surface area contributed by atoms with Gasteiger partial charge < -0.3 is 5.11 Å². The minimum absolute atomic E-state index is 0.130. The molecule has 1 heterocycles. The van der Waals surface area contributed by atoms with Crippen molar-refractivity contribution in [2.45, 2.75) is 12.4 Å². The molecule has 0 radical (unpaired) electrons. The summed E-state index contributed by atoms with van der Waals surface area (Å²) in [5.41, 5.74) is 1.76. The van der Waals surface area contributed by atoms with E-state index in [1.807, 2.05) is 18.2 Å². The van der Waals surface area contributed by atoms with Gasteiger partial charge in [0.1, 0.15) is 6.54 Å². The van der Waals surface area contributed by atoms with E-state index in [-0.39, 0.29) is 6.54 Å². The molecule has 15 heavy (non-hydrogen) atoms. The zero-order valence-electron chi connectivity index (χ0n) is 7.85. The molecule has 0 bridgehead atoms. The number of carboxylic acid groups (broad SMARTS) is 1. The largest absolute Gasteiger partial charge is 0.480 e. The lowest BCUT2D eigenvalue weighted by Gasteiger charge is -2.00. The van der Waals surface area contributed by atoms with Crippen molar-refractivity contribution in [2.75, 3.05) is 0 Å². The number of benzene rings is 1. The van der Waals surface area contributed by atoms with Gasteiger partial charge in [-0.25, -0.2) is 0 Å². The average molecular weight is 225 g/mol. The van der Waals surface area contributed by atoms with Crippen LogP contribution in [0.2, 0.25) is 0 Å². The maximum atomic E-state index is 10.6. The fourth-order valence-electron chi connectivity index (χ4n) is 1.45. The zero-order valence-corrected chi connectivity index (χ0v) is 8.61. The molecule has 1 aromatic carbocycles. The number of fused-ring (bicyclic) bond motifs is 1. The summed E-state index contributed by atoms with van der Waals surface area (Å²) >= 11 is 5.71. The number of aliphatic carboxylic acids is 1. The number of hydrogen-bond acceptors (Lipinski definition) is 2. The van der Waals surface area contributed by atoms with Gasteiger partial charge in [0.05, 0.1) is 11.7 Å². The maximum Gasteiger partial charge on any atom is 0.325 e. The number of aromatic nitrogens is 2. The fourth-order valence-corrected chi connectivity index (χ4v) is 1.62. The molecule has 0 spiro atoms. The van der Waals surface area contributed by atoms with Gasteiger partial charge in [-0.3, -0.25) is 9.48 Å². The molecule has 0 amide bonds. The van der Waals surface area contributed by atoms with E-state index in [9.17, 15) is 4.79 Å². The van der Waals surface area contributed by atoms with Crippen molar-refractivity contribution in [2.24, 2.45) is 0 Å². The molecule has 0 saturated carbocycles. The van der Waals surface area contributed by atoms with Crippen molar-refractivity contribution >= 4 is 28.5 Å². The van der Waals surface area contributed by atoms with Gasteiger partial charge in [0.2, 0.25) is 0 Å². The molecule has 0 atom stereocenters. The molecule has 78 valence electrons. The zero-order chi connectivity index (χ0) is 10.8. The lowest BCUT2D eigenvalue weighted by molar-refractivity contribution is -0.137. The molecule has 1 N–H and O–H groups in total. The first kappa shape index (κ1) is 9.98. The van der Waals surface area contributed by atoms with Crippen LogP contribution in [0.3, 0.4) is 0 Å². The quantitative estimate of drug-likeness (QED) is 0.810. The van der Waals surface area contributed by atoms with Crippen LogP contribution >= 0.6 is 11.6 Å². The number of carbonyl (C=O) groups is 1. The van der Waals surface area contributed by atoms with Gasteiger partial charge in [-0.05, 0) is 11.6 Å². The highest BCUT2D eigenvalue weighted by Gasteiger charge is 2.06. The first-order valence-electron chi connectivity index (χ1n) is 4.43. The van der Waals surface area contributed by atoms with Crippen molar-refractivity contribution in [3.05, 3.63) is 30.0 Å². The van der Waals surface area contributed by atoms with E-state index in [4.69, 9.17) is 16.7 Å². The highest BCUT2D eigenvalue weighted by atomic mass is 35.5. The molecule has 0 aliphatic carbocycles. The maximum absolute atomic E-state index is 10.6. The van der Waals surface area contributed by atoms with Gasteiger partial charge in [0, 0.05) is 11.3 Å². The summed E-state index contributed by atoms with van der Waals surface area (Å²) in [5, 5.41) is 13.6. The third kappa shape index (κ3) is 1.94. The predicted octanol–water partition coefficient (Wildman–Crippen LogP) is 1.86. The lowest BCUT2D eigenvalue weighted by Crippen LogP contribution is -2.09. The summed E-state index contributed by atoms with van der Waals surface area (Å²) in [6.07, 6.45) is 1.65. The smallest absolute Gasteiger partial charge is 0.325 e. The van der Waals surface area contributed by atoms with E-state index in [0.29, 0.717) is 5.88 Å². The Morgan fingerprint density at radius 1 is 1.53 bits per heavy atom. The Bertz CT molecular complexity index is 507. The molecule has 2 aromatic rings. The third-order valence-corrected chi connectivity index (χ3v) is 2.46. The molecule has 5 heteroatoms. The summed E-state index contributed by atoms with van der Waals surface area (Å²) in [5.74, 6) is -0.495. The van der Waals surface area contributed by atoms with Crippen LogP contribution in [-0.4, -0.2) is 20.9 Å². The van der Waals surface area contributed by atoms with E-state index < -0.39 is 5.97 Å². The number of alkyl halides is 1. The van der Waals surface area contributed by atoms with Gasteiger partial charge in [-0.15, -0.1) is 11.6 Å². The van der Waals surface area contributed by atoms with Crippen LogP contribution in [0.4, 0.5) is 0 Å². The van der Waals surface area contributed by atoms with E-state index in [1.165, 1.54) is 4.68 Å². The monoisotopic (exact) mass is 224 g/mol. The Hall–Kier alpha value is -1.55. The van der Waals surface area contributed by atoms with Gasteiger partial charge in [0.25, 0.3) is 0 Å². The first-order valence-corrected chi connectivity index (χ1v) is 4.96. The molecule has 0 aliphatic heterocycles. The first-order chi connectivity index (χ1) is 7.20. The summed E-state index contributed by atoms with van der Waals surface area (Å²) in [4.78, 5) is 10.6. The Balaban J connectivity index is 2.51. The van der Waals surface area contributed by atoms with Crippen LogP contribution in [0.25, 0.3) is 10.9 Å². The van der Waals surface area contributed by atoms with Crippen LogP contribution in [0, 0.1) is 0 Å². The summed E-state index contributed by atoms with van der Waals surface area (Å²) < 4.78 is 1.45. The lowest BCUT2D eigenvalue weighted by atomic mass is 10.2. The highest BCUT2D eigenvalue weighted by Crippen LogP contribution is 2.16. The van der Waals surface area contributed by atoms with Crippen LogP contribution in [-0.2, 0) is 17.2 Å². The number of carboxylic acids is 1. The minimum atomic E-state index is -0.906. The number of nitrogens with zero attached hydrogens (tertiary/aromatic N) is 2. The Morgan fingerprint density at radius 3 is 3.00 bits per heavy atom. The van der Waals surface area contributed by atoms with Gasteiger partial charge in [-0.2, -0.15) is 5.10 Å². The van der Waals surface area contributed by atoms with E-state index in [2.05, 4.69) is 5.10 Å². The molecule has 0 unspecified atom stereocenters. The molecule has 4 nitrogen and oxygen atoms in total. The van der Waals surface area contributed by atoms with Crippen molar-refractivity contribution in [3.63, 3.8) is 0 Å². The van der Waals surface area contributed by atoms with Crippen LogP contribution < -0.4 is 0 Å². The average Bonchev–Trinajstić information content (AvgIpc) is 2.60. The van der Waals surface area contributed by atoms with E-state index in [0.717, 1.165) is 16.5 Å². The standard InChI is InChI=1S/C10H9ClN2O2/c11-4-7-1-2-8-5-12-13(6-10(14)15)9(8)3-7/h1-3,5H,4,6H2,(H,14,15). The molecule has 0 fully saturated rings. The van der Waals surface area contributed by atoms with E-state index >= 15 is 0 Å². The topological polar surface area (TPSA) is 55.1 Å². The van der Waals surface area contributed by atoms with Gasteiger partial charge in [-0.1, -0.05) is 12.1 Å². The molecule has 2 rings (SSSR count).